The van der Waals surface area contributed by atoms with E-state index >= 15 is 0 Å². The quantitative estimate of drug-likeness (QED) is 0.565. The summed E-state index contributed by atoms with van der Waals surface area (Å²) in [5, 5.41) is 0. The number of nitrogen functional groups attached to an aromatic ring is 1. The van der Waals surface area contributed by atoms with E-state index in [0.717, 1.165) is 11.3 Å². The average molecular weight is 230 g/mol. The van der Waals surface area contributed by atoms with E-state index in [1.165, 1.54) is 0 Å². The van der Waals surface area contributed by atoms with Gasteiger partial charge in [0.1, 0.15) is 5.52 Å². The molecule has 0 saturated heterocycles. The maximum absolute atomic E-state index is 10.8. The van der Waals surface area contributed by atoms with E-state index in [1.807, 2.05) is 0 Å². The zero-order chi connectivity index (χ0) is 10.3. The molecule has 0 amide bonds. The summed E-state index contributed by atoms with van der Waals surface area (Å²) in [7, 11) is -4.23. The first-order valence-corrected chi connectivity index (χ1v) is 5.86. The largest absolute Gasteiger partial charge is 0.397 e. The average Bonchev–Trinajstić information content (AvgIpc) is 2.48. The molecule has 74 valence electrons. The van der Waals surface area contributed by atoms with Gasteiger partial charge in [-0.2, -0.15) is 8.42 Å². The van der Waals surface area contributed by atoms with E-state index in [1.54, 1.807) is 18.2 Å². The Bertz CT molecular complexity index is 588. The van der Waals surface area contributed by atoms with Crippen molar-refractivity contribution in [2.24, 2.45) is 0 Å². The number of benzene rings is 1. The molecule has 1 aromatic carbocycles. The maximum atomic E-state index is 10.8. The number of anilines is 1. The van der Waals surface area contributed by atoms with Gasteiger partial charge in [0, 0.05) is 0 Å². The van der Waals surface area contributed by atoms with Crippen molar-refractivity contribution in [1.82, 2.24) is 4.98 Å². The van der Waals surface area contributed by atoms with Gasteiger partial charge >= 0.3 is 10.1 Å². The normalized spacial score (nSPS) is 12.1. The molecule has 0 atom stereocenters. The maximum Gasteiger partial charge on any atom is 0.322 e. The first-order valence-electron chi connectivity index (χ1n) is 3.61. The molecule has 0 spiro atoms. The Morgan fingerprint density at radius 3 is 2.71 bits per heavy atom. The van der Waals surface area contributed by atoms with Gasteiger partial charge in [-0.15, -0.1) is 11.3 Å². The Balaban J connectivity index is 2.81. The third-order valence-corrected chi connectivity index (χ3v) is 3.88. The van der Waals surface area contributed by atoms with Crippen LogP contribution in [0.25, 0.3) is 10.2 Å². The molecule has 0 radical (unpaired) electrons. The lowest BCUT2D eigenvalue weighted by Gasteiger charge is -1.90. The molecular weight excluding hydrogens is 224 g/mol. The van der Waals surface area contributed by atoms with E-state index in [-0.39, 0.29) is 4.34 Å². The molecule has 0 saturated carbocycles. The van der Waals surface area contributed by atoms with Crippen LogP contribution in [0.2, 0.25) is 0 Å². The molecule has 0 unspecified atom stereocenters. The Kier molecular flexibility index (Phi) is 1.95. The summed E-state index contributed by atoms with van der Waals surface area (Å²) in [6.45, 7) is 0. The number of para-hydroxylation sites is 1. The minimum Gasteiger partial charge on any atom is -0.397 e. The van der Waals surface area contributed by atoms with Crippen LogP contribution in [0.3, 0.4) is 0 Å². The Morgan fingerprint density at radius 2 is 2.14 bits per heavy atom. The number of hydrogen-bond donors (Lipinski definition) is 2. The number of aromatic nitrogens is 1. The fourth-order valence-corrected chi connectivity index (χ4v) is 2.69. The van der Waals surface area contributed by atoms with Crippen LogP contribution in [0.15, 0.2) is 22.5 Å². The molecule has 0 aliphatic carbocycles. The summed E-state index contributed by atoms with van der Waals surface area (Å²) < 4.78 is 30.6. The zero-order valence-electron chi connectivity index (χ0n) is 6.84. The van der Waals surface area contributed by atoms with E-state index in [4.69, 9.17) is 10.3 Å². The van der Waals surface area contributed by atoms with E-state index in [0.29, 0.717) is 15.9 Å². The third kappa shape index (κ3) is 1.45. The molecule has 3 N–H and O–H groups in total. The lowest BCUT2D eigenvalue weighted by Crippen LogP contribution is -1.96. The monoisotopic (exact) mass is 230 g/mol. The van der Waals surface area contributed by atoms with Crippen molar-refractivity contribution < 1.29 is 13.0 Å². The van der Waals surface area contributed by atoms with Crippen molar-refractivity contribution in [3.05, 3.63) is 18.2 Å². The number of nitrogens with zero attached hydrogens (tertiary/aromatic N) is 1. The van der Waals surface area contributed by atoms with Crippen molar-refractivity contribution in [2.75, 3.05) is 5.73 Å². The highest BCUT2D eigenvalue weighted by Gasteiger charge is 2.16. The van der Waals surface area contributed by atoms with Gasteiger partial charge in [0.05, 0.1) is 10.4 Å². The van der Waals surface area contributed by atoms with Gasteiger partial charge in [0.25, 0.3) is 0 Å². The molecule has 5 nitrogen and oxygen atoms in total. The molecule has 2 aromatic rings. The van der Waals surface area contributed by atoms with Crippen molar-refractivity contribution in [1.29, 1.82) is 0 Å². The first kappa shape index (κ1) is 9.38. The van der Waals surface area contributed by atoms with Gasteiger partial charge < -0.3 is 5.73 Å². The second kappa shape index (κ2) is 2.91. The van der Waals surface area contributed by atoms with Crippen molar-refractivity contribution >= 4 is 37.4 Å². The fourth-order valence-electron chi connectivity index (χ4n) is 1.06. The van der Waals surface area contributed by atoms with Gasteiger partial charge in [0.2, 0.25) is 4.34 Å². The van der Waals surface area contributed by atoms with Crippen LogP contribution >= 0.6 is 11.3 Å². The lowest BCUT2D eigenvalue weighted by molar-refractivity contribution is 0.482. The summed E-state index contributed by atoms with van der Waals surface area (Å²) in [4.78, 5) is 3.74. The molecule has 1 heterocycles. The summed E-state index contributed by atoms with van der Waals surface area (Å²) in [5.74, 6) is 0. The number of thiazole rings is 1. The van der Waals surface area contributed by atoms with Crippen LogP contribution in [0, 0.1) is 0 Å². The van der Waals surface area contributed by atoms with E-state index in [9.17, 15) is 8.42 Å². The van der Waals surface area contributed by atoms with Crippen molar-refractivity contribution in [2.45, 2.75) is 4.34 Å². The van der Waals surface area contributed by atoms with Gasteiger partial charge in [-0.05, 0) is 12.1 Å². The van der Waals surface area contributed by atoms with Crippen LogP contribution in [0.4, 0.5) is 5.69 Å². The second-order valence-corrected chi connectivity index (χ2v) is 5.27. The summed E-state index contributed by atoms with van der Waals surface area (Å²) in [6.07, 6.45) is 0. The van der Waals surface area contributed by atoms with Crippen LogP contribution in [-0.4, -0.2) is 18.0 Å². The molecule has 0 fully saturated rings. The lowest BCUT2D eigenvalue weighted by atomic mass is 10.3. The van der Waals surface area contributed by atoms with Crippen LogP contribution in [0.1, 0.15) is 0 Å². The second-order valence-electron chi connectivity index (χ2n) is 2.65. The molecule has 0 bridgehead atoms. The highest BCUT2D eigenvalue weighted by molar-refractivity contribution is 7.88. The first-order chi connectivity index (χ1) is 6.48. The highest BCUT2D eigenvalue weighted by Crippen LogP contribution is 2.28. The predicted octanol–water partition coefficient (Wildman–Crippen LogP) is 1.13. The van der Waals surface area contributed by atoms with Crippen molar-refractivity contribution in [3.8, 4) is 0 Å². The van der Waals surface area contributed by atoms with E-state index < -0.39 is 10.1 Å². The number of rotatable bonds is 1. The molecule has 14 heavy (non-hydrogen) atoms. The number of fused-ring (bicyclic) bond motifs is 1. The van der Waals surface area contributed by atoms with Gasteiger partial charge in [-0.1, -0.05) is 6.07 Å². The topological polar surface area (TPSA) is 93.3 Å². The van der Waals surface area contributed by atoms with Gasteiger partial charge in [0.15, 0.2) is 0 Å². The van der Waals surface area contributed by atoms with Gasteiger partial charge in [-0.3, -0.25) is 4.55 Å². The van der Waals surface area contributed by atoms with Crippen LogP contribution in [-0.2, 0) is 10.1 Å². The van der Waals surface area contributed by atoms with Gasteiger partial charge in [-0.25, -0.2) is 4.98 Å². The molecule has 0 aliphatic rings. The Labute approximate surface area is 83.9 Å². The van der Waals surface area contributed by atoms with Crippen LogP contribution in [0.5, 0.6) is 0 Å². The minimum absolute atomic E-state index is 0.328. The Hall–Kier alpha value is -1.18. The predicted molar refractivity (Wildman–Crippen MR) is 53.8 cm³/mol. The molecule has 2 rings (SSSR count). The van der Waals surface area contributed by atoms with Crippen molar-refractivity contribution in [3.63, 3.8) is 0 Å². The van der Waals surface area contributed by atoms with E-state index in [2.05, 4.69) is 4.98 Å². The summed E-state index contributed by atoms with van der Waals surface area (Å²) in [5.41, 5.74) is 6.38. The summed E-state index contributed by atoms with van der Waals surface area (Å²) in [6, 6.07) is 5.01. The molecule has 0 aliphatic heterocycles. The zero-order valence-corrected chi connectivity index (χ0v) is 8.47. The minimum atomic E-state index is -4.23. The molecular formula is C7H6N2O3S2. The SMILES string of the molecule is Nc1cccc2sc(S(=O)(=O)O)nc12. The molecule has 1 aromatic heterocycles. The standard InChI is InChI=1S/C7H6N2O3S2/c8-4-2-1-3-5-6(4)9-7(13-5)14(10,11)12/h1-3H,8H2,(H,10,11,12). The molecule has 7 heteroatoms. The third-order valence-electron chi connectivity index (χ3n) is 1.65. The fraction of sp³-hybridized carbons (Fsp3) is 0. The summed E-state index contributed by atoms with van der Waals surface area (Å²) >= 11 is 0.889. The highest BCUT2D eigenvalue weighted by atomic mass is 32.3. The number of hydrogen-bond acceptors (Lipinski definition) is 5. The smallest absolute Gasteiger partial charge is 0.322 e. The van der Waals surface area contributed by atoms with Crippen LogP contribution < -0.4 is 5.73 Å². The Morgan fingerprint density at radius 1 is 1.43 bits per heavy atom. The number of nitrogens with two attached hydrogens (primary N) is 1.